The Bertz CT molecular complexity index is 683. The largest absolute Gasteiger partial charge is 0.346 e. The minimum Gasteiger partial charge on any atom is -0.346 e. The van der Waals surface area contributed by atoms with Crippen molar-refractivity contribution in [3.8, 4) is 5.69 Å². The van der Waals surface area contributed by atoms with E-state index in [0.717, 1.165) is 18.7 Å². The second-order valence-electron chi connectivity index (χ2n) is 6.32. The van der Waals surface area contributed by atoms with Crippen molar-refractivity contribution >= 4 is 5.91 Å². The lowest BCUT2D eigenvalue weighted by atomic mass is 9.99. The van der Waals surface area contributed by atoms with Crippen LogP contribution in [0.25, 0.3) is 5.69 Å². The van der Waals surface area contributed by atoms with E-state index >= 15 is 0 Å². The van der Waals surface area contributed by atoms with Crippen LogP contribution in [0.1, 0.15) is 36.2 Å². The molecule has 3 heterocycles. The van der Waals surface area contributed by atoms with Crippen LogP contribution in [0.2, 0.25) is 0 Å². The lowest BCUT2D eigenvalue weighted by Crippen LogP contribution is -2.46. The highest BCUT2D eigenvalue weighted by molar-refractivity contribution is 5.92. The zero-order valence-corrected chi connectivity index (χ0v) is 13.1. The molecular weight excluding hydrogens is 290 g/mol. The van der Waals surface area contributed by atoms with Crippen LogP contribution in [-0.2, 0) is 0 Å². The molecule has 1 N–H and O–H groups in total. The maximum atomic E-state index is 12.5. The zero-order chi connectivity index (χ0) is 15.6. The topological polar surface area (TPSA) is 63.1 Å². The molecule has 1 aromatic heterocycles. The van der Waals surface area contributed by atoms with Crippen molar-refractivity contribution in [3.05, 3.63) is 42.2 Å². The number of benzene rings is 1. The molecule has 2 fully saturated rings. The summed E-state index contributed by atoms with van der Waals surface area (Å²) < 4.78 is 0. The number of aromatic nitrogens is 3. The number of carbonyl (C=O) groups is 1. The van der Waals surface area contributed by atoms with E-state index in [9.17, 15) is 4.79 Å². The second kappa shape index (κ2) is 6.12. The smallest absolute Gasteiger partial charge is 0.273 e. The Kier molecular flexibility index (Phi) is 3.83. The third kappa shape index (κ3) is 2.86. The van der Waals surface area contributed by atoms with Gasteiger partial charge in [-0.05, 0) is 37.9 Å². The summed E-state index contributed by atoms with van der Waals surface area (Å²) in [6, 6.07) is 10.4. The number of fused-ring (bicyclic) bond motifs is 1. The van der Waals surface area contributed by atoms with E-state index in [0.29, 0.717) is 11.7 Å². The summed E-state index contributed by atoms with van der Waals surface area (Å²) in [5.74, 6) is -0.121. The molecular formula is C17H21N5O. The lowest BCUT2D eigenvalue weighted by molar-refractivity contribution is 0.0910. The van der Waals surface area contributed by atoms with Gasteiger partial charge in [0.15, 0.2) is 5.69 Å². The van der Waals surface area contributed by atoms with Gasteiger partial charge < -0.3 is 5.32 Å². The average molecular weight is 311 g/mol. The summed E-state index contributed by atoms with van der Waals surface area (Å²) in [5.41, 5.74) is 1.23. The molecule has 4 rings (SSSR count). The molecule has 2 aliphatic heterocycles. The van der Waals surface area contributed by atoms with E-state index in [-0.39, 0.29) is 11.9 Å². The van der Waals surface area contributed by atoms with Crippen molar-refractivity contribution in [1.29, 1.82) is 0 Å². The molecule has 1 aromatic carbocycles. The first-order valence-corrected chi connectivity index (χ1v) is 8.34. The number of hydrogen-bond donors (Lipinski definition) is 1. The van der Waals surface area contributed by atoms with Gasteiger partial charge in [-0.1, -0.05) is 24.6 Å². The first-order valence-electron chi connectivity index (χ1n) is 8.34. The van der Waals surface area contributed by atoms with Crippen molar-refractivity contribution in [3.63, 3.8) is 0 Å². The van der Waals surface area contributed by atoms with Crippen LogP contribution in [0.4, 0.5) is 0 Å². The fourth-order valence-corrected chi connectivity index (χ4v) is 3.71. The molecule has 0 bridgehead atoms. The van der Waals surface area contributed by atoms with Crippen LogP contribution in [-0.4, -0.2) is 51.0 Å². The van der Waals surface area contributed by atoms with Crippen LogP contribution in [0, 0.1) is 0 Å². The standard InChI is InChI=1S/C17H21N5O/c23-17(19-14-9-11-21-10-5-4-8-16(14)21)15-12-18-22(20-15)13-6-2-1-3-7-13/h1-3,6-7,12,14,16H,4-5,8-11H2,(H,19,23)/t14-,16+/m1/s1. The molecule has 23 heavy (non-hydrogen) atoms. The molecule has 1 amide bonds. The first kappa shape index (κ1) is 14.4. The third-order valence-electron chi connectivity index (χ3n) is 4.88. The number of piperidine rings is 1. The number of carbonyl (C=O) groups excluding carboxylic acids is 1. The summed E-state index contributed by atoms with van der Waals surface area (Å²) in [4.78, 5) is 16.5. The predicted molar refractivity (Wildman–Crippen MR) is 86.4 cm³/mol. The highest BCUT2D eigenvalue weighted by atomic mass is 16.2. The van der Waals surface area contributed by atoms with Crippen molar-refractivity contribution in [2.75, 3.05) is 13.1 Å². The van der Waals surface area contributed by atoms with Crippen molar-refractivity contribution in [1.82, 2.24) is 25.2 Å². The van der Waals surface area contributed by atoms with E-state index in [1.54, 1.807) is 0 Å². The van der Waals surface area contributed by atoms with Crippen LogP contribution >= 0.6 is 0 Å². The molecule has 2 aromatic rings. The van der Waals surface area contributed by atoms with Gasteiger partial charge in [-0.3, -0.25) is 9.69 Å². The Balaban J connectivity index is 1.45. The fraction of sp³-hybridized carbons (Fsp3) is 0.471. The third-order valence-corrected chi connectivity index (χ3v) is 4.88. The van der Waals surface area contributed by atoms with Crippen LogP contribution in [0.3, 0.4) is 0 Å². The number of nitrogens with one attached hydrogen (secondary N) is 1. The maximum Gasteiger partial charge on any atom is 0.273 e. The van der Waals surface area contributed by atoms with E-state index in [1.807, 2.05) is 30.3 Å². The molecule has 2 saturated heterocycles. The maximum absolute atomic E-state index is 12.5. The zero-order valence-electron chi connectivity index (χ0n) is 13.1. The predicted octanol–water partition coefficient (Wildman–Crippen LogP) is 1.62. The van der Waals surface area contributed by atoms with Crippen molar-refractivity contribution < 1.29 is 4.79 Å². The molecule has 0 unspecified atom stereocenters. The Labute approximate surface area is 135 Å². The van der Waals surface area contributed by atoms with Crippen molar-refractivity contribution in [2.45, 2.75) is 37.8 Å². The minimum absolute atomic E-state index is 0.121. The SMILES string of the molecule is O=C(N[C@@H]1CCN2CCCC[C@@H]12)c1cnn(-c2ccccc2)n1. The van der Waals surface area contributed by atoms with Gasteiger partial charge in [-0.25, -0.2) is 0 Å². The number of rotatable bonds is 3. The quantitative estimate of drug-likeness (QED) is 0.936. The number of amides is 1. The molecule has 0 saturated carbocycles. The van der Waals surface area contributed by atoms with E-state index < -0.39 is 0 Å². The number of para-hydroxylation sites is 1. The molecule has 0 aliphatic carbocycles. The van der Waals surface area contributed by atoms with Crippen LogP contribution in [0.5, 0.6) is 0 Å². The van der Waals surface area contributed by atoms with Crippen molar-refractivity contribution in [2.24, 2.45) is 0 Å². The molecule has 120 valence electrons. The highest BCUT2D eigenvalue weighted by Crippen LogP contribution is 2.27. The number of hydrogen-bond acceptors (Lipinski definition) is 4. The van der Waals surface area contributed by atoms with Gasteiger partial charge in [0.25, 0.3) is 5.91 Å². The molecule has 2 atom stereocenters. The van der Waals surface area contributed by atoms with Gasteiger partial charge in [0.1, 0.15) is 0 Å². The van der Waals surface area contributed by atoms with Gasteiger partial charge >= 0.3 is 0 Å². The summed E-state index contributed by atoms with van der Waals surface area (Å²) in [6.45, 7) is 2.26. The lowest BCUT2D eigenvalue weighted by Gasteiger charge is -2.32. The Morgan fingerprint density at radius 1 is 1.13 bits per heavy atom. The molecule has 2 aliphatic rings. The molecule has 0 radical (unpaired) electrons. The van der Waals surface area contributed by atoms with Gasteiger partial charge in [-0.15, -0.1) is 5.10 Å². The second-order valence-corrected chi connectivity index (χ2v) is 6.32. The summed E-state index contributed by atoms with van der Waals surface area (Å²) in [5, 5.41) is 11.7. The van der Waals surface area contributed by atoms with Gasteiger partial charge in [0.05, 0.1) is 11.9 Å². The Hall–Kier alpha value is -2.21. The minimum atomic E-state index is -0.121. The van der Waals surface area contributed by atoms with E-state index in [1.165, 1.54) is 36.8 Å². The van der Waals surface area contributed by atoms with Crippen LogP contribution in [0.15, 0.2) is 36.5 Å². The monoisotopic (exact) mass is 311 g/mol. The summed E-state index contributed by atoms with van der Waals surface area (Å²) in [7, 11) is 0. The molecule has 0 spiro atoms. The van der Waals surface area contributed by atoms with Gasteiger partial charge in [0, 0.05) is 18.6 Å². The first-order chi connectivity index (χ1) is 11.3. The van der Waals surface area contributed by atoms with E-state index in [4.69, 9.17) is 0 Å². The van der Waals surface area contributed by atoms with Gasteiger partial charge in [0.2, 0.25) is 0 Å². The Morgan fingerprint density at radius 2 is 2.00 bits per heavy atom. The fourth-order valence-electron chi connectivity index (χ4n) is 3.71. The number of nitrogens with zero attached hydrogens (tertiary/aromatic N) is 4. The Morgan fingerprint density at radius 3 is 2.87 bits per heavy atom. The molecule has 6 heteroatoms. The highest BCUT2D eigenvalue weighted by Gasteiger charge is 2.36. The molecule has 6 nitrogen and oxygen atoms in total. The average Bonchev–Trinajstić information content (AvgIpc) is 3.24. The normalized spacial score (nSPS) is 24.3. The summed E-state index contributed by atoms with van der Waals surface area (Å²) >= 11 is 0. The van der Waals surface area contributed by atoms with Crippen LogP contribution < -0.4 is 5.32 Å². The van der Waals surface area contributed by atoms with Gasteiger partial charge in [-0.2, -0.15) is 9.90 Å². The summed E-state index contributed by atoms with van der Waals surface area (Å²) in [6.07, 6.45) is 6.29. The van der Waals surface area contributed by atoms with E-state index in [2.05, 4.69) is 20.4 Å².